The van der Waals surface area contributed by atoms with Gasteiger partial charge in [0, 0.05) is 24.1 Å². The predicted octanol–water partition coefficient (Wildman–Crippen LogP) is 2.67. The van der Waals surface area contributed by atoms with Crippen molar-refractivity contribution in [2.24, 2.45) is 0 Å². The topological polar surface area (TPSA) is 56.0 Å². The highest BCUT2D eigenvalue weighted by Crippen LogP contribution is 2.16. The summed E-state index contributed by atoms with van der Waals surface area (Å²) in [6.07, 6.45) is 2.29. The van der Waals surface area contributed by atoms with Crippen LogP contribution in [0.25, 0.3) is 0 Å². The molecule has 0 aliphatic heterocycles. The number of pyridine rings is 1. The Labute approximate surface area is 111 Å². The maximum Gasteiger partial charge on any atom is 0.141 e. The monoisotopic (exact) mass is 260 g/mol. The molecule has 18 heavy (non-hydrogen) atoms. The lowest BCUT2D eigenvalue weighted by Crippen LogP contribution is -2.07. The second-order valence-electron chi connectivity index (χ2n) is 4.07. The lowest BCUT2D eigenvalue weighted by molar-refractivity contribution is -0.117. The maximum absolute atomic E-state index is 11.9. The molecule has 0 radical (unpaired) electrons. The lowest BCUT2D eigenvalue weighted by Gasteiger charge is -2.04. The number of Topliss-reactive ketones (excluding diaryl/α,β-unsaturated/α-hetero) is 1. The number of carbonyl (C=O) groups is 1. The Hall–Kier alpha value is -1.87. The molecule has 4 heteroatoms. The third kappa shape index (κ3) is 3.31. The number of aromatic nitrogens is 1. The fraction of sp³-hybridized carbons (Fsp3) is 0.143. The minimum absolute atomic E-state index is 0.105. The quantitative estimate of drug-likeness (QED) is 0.920. The fourth-order valence-corrected chi connectivity index (χ4v) is 1.95. The van der Waals surface area contributed by atoms with E-state index >= 15 is 0 Å². The van der Waals surface area contributed by atoms with Crippen LogP contribution in [-0.4, -0.2) is 10.8 Å². The number of anilines is 1. The first-order chi connectivity index (χ1) is 8.65. The summed E-state index contributed by atoms with van der Waals surface area (Å²) in [6.45, 7) is 0. The van der Waals surface area contributed by atoms with Crippen LogP contribution in [0.2, 0.25) is 5.02 Å². The predicted molar refractivity (Wildman–Crippen MR) is 72.5 cm³/mol. The Balaban J connectivity index is 2.03. The van der Waals surface area contributed by atoms with Crippen molar-refractivity contribution in [1.82, 2.24) is 4.98 Å². The van der Waals surface area contributed by atoms with Gasteiger partial charge in [-0.05, 0) is 29.3 Å². The molecule has 92 valence electrons. The molecule has 0 bridgehead atoms. The summed E-state index contributed by atoms with van der Waals surface area (Å²) in [5.41, 5.74) is 7.30. The number of halogens is 1. The standard InChI is InChI=1S/C14H13ClN2O/c15-13-4-2-1-3-11(13)9-12(18)7-10-5-6-17-14(16)8-10/h1-6,8H,7,9H2,(H2,16,17). The SMILES string of the molecule is Nc1cc(CC(=O)Cc2ccccc2Cl)ccn1. The van der Waals surface area contributed by atoms with E-state index in [2.05, 4.69) is 4.98 Å². The van der Waals surface area contributed by atoms with Crippen molar-refractivity contribution in [3.63, 3.8) is 0 Å². The van der Waals surface area contributed by atoms with Gasteiger partial charge in [-0.2, -0.15) is 0 Å². The third-order valence-electron chi connectivity index (χ3n) is 2.59. The zero-order chi connectivity index (χ0) is 13.0. The van der Waals surface area contributed by atoms with E-state index in [1.54, 1.807) is 24.4 Å². The van der Waals surface area contributed by atoms with Crippen LogP contribution in [0.4, 0.5) is 5.82 Å². The molecule has 0 spiro atoms. The average molecular weight is 261 g/mol. The van der Waals surface area contributed by atoms with Gasteiger partial charge in [-0.25, -0.2) is 4.98 Å². The molecule has 0 amide bonds. The summed E-state index contributed by atoms with van der Waals surface area (Å²) >= 11 is 6.01. The van der Waals surface area contributed by atoms with E-state index in [0.29, 0.717) is 23.7 Å². The molecule has 0 atom stereocenters. The molecule has 0 aliphatic carbocycles. The Morgan fingerprint density at radius 3 is 2.72 bits per heavy atom. The minimum atomic E-state index is 0.105. The highest BCUT2D eigenvalue weighted by Gasteiger charge is 2.08. The van der Waals surface area contributed by atoms with Gasteiger partial charge < -0.3 is 5.73 Å². The first-order valence-corrected chi connectivity index (χ1v) is 5.98. The summed E-state index contributed by atoms with van der Waals surface area (Å²) < 4.78 is 0. The Kier molecular flexibility index (Phi) is 3.95. The van der Waals surface area contributed by atoms with Gasteiger partial charge in [0.25, 0.3) is 0 Å². The van der Waals surface area contributed by atoms with Crippen molar-refractivity contribution in [1.29, 1.82) is 0 Å². The van der Waals surface area contributed by atoms with Crippen molar-refractivity contribution < 1.29 is 4.79 Å². The number of ketones is 1. The molecule has 0 saturated heterocycles. The zero-order valence-corrected chi connectivity index (χ0v) is 10.5. The van der Waals surface area contributed by atoms with Gasteiger partial charge in [-0.1, -0.05) is 29.8 Å². The van der Waals surface area contributed by atoms with E-state index in [0.717, 1.165) is 11.1 Å². The largest absolute Gasteiger partial charge is 0.384 e. The van der Waals surface area contributed by atoms with Crippen LogP contribution < -0.4 is 5.73 Å². The van der Waals surface area contributed by atoms with Crippen LogP contribution in [0.1, 0.15) is 11.1 Å². The van der Waals surface area contributed by atoms with Crippen LogP contribution in [0.15, 0.2) is 42.6 Å². The van der Waals surface area contributed by atoms with Gasteiger partial charge in [0.05, 0.1) is 0 Å². The summed E-state index contributed by atoms with van der Waals surface area (Å²) in [6, 6.07) is 10.9. The number of hydrogen-bond acceptors (Lipinski definition) is 3. The molecular weight excluding hydrogens is 248 g/mol. The van der Waals surface area contributed by atoms with Gasteiger partial charge in [0.1, 0.15) is 11.6 Å². The molecule has 0 aliphatic rings. The van der Waals surface area contributed by atoms with Crippen LogP contribution in [0.5, 0.6) is 0 Å². The first-order valence-electron chi connectivity index (χ1n) is 5.60. The smallest absolute Gasteiger partial charge is 0.141 e. The normalized spacial score (nSPS) is 10.3. The second-order valence-corrected chi connectivity index (χ2v) is 4.48. The van der Waals surface area contributed by atoms with Gasteiger partial charge >= 0.3 is 0 Å². The Bertz CT molecular complexity index is 569. The van der Waals surface area contributed by atoms with E-state index in [1.165, 1.54) is 0 Å². The maximum atomic E-state index is 11.9. The number of nitrogens with zero attached hydrogens (tertiary/aromatic N) is 1. The molecule has 2 N–H and O–H groups in total. The van der Waals surface area contributed by atoms with Crippen LogP contribution >= 0.6 is 11.6 Å². The number of nitrogens with two attached hydrogens (primary N) is 1. The van der Waals surface area contributed by atoms with E-state index in [9.17, 15) is 4.79 Å². The van der Waals surface area contributed by atoms with Gasteiger partial charge in [0.2, 0.25) is 0 Å². The number of nitrogen functional groups attached to an aromatic ring is 1. The molecule has 1 heterocycles. The lowest BCUT2D eigenvalue weighted by atomic mass is 10.0. The Morgan fingerprint density at radius 1 is 1.22 bits per heavy atom. The highest BCUT2D eigenvalue weighted by atomic mass is 35.5. The van der Waals surface area contributed by atoms with Crippen molar-refractivity contribution in [2.45, 2.75) is 12.8 Å². The summed E-state index contributed by atoms with van der Waals surface area (Å²) in [7, 11) is 0. The Morgan fingerprint density at radius 2 is 2.00 bits per heavy atom. The number of rotatable bonds is 4. The number of carbonyl (C=O) groups excluding carboxylic acids is 1. The second kappa shape index (κ2) is 5.65. The molecule has 2 rings (SSSR count). The number of hydrogen-bond donors (Lipinski definition) is 1. The average Bonchev–Trinajstić information content (AvgIpc) is 2.32. The van der Waals surface area contributed by atoms with Gasteiger partial charge in [0.15, 0.2) is 0 Å². The highest BCUT2D eigenvalue weighted by molar-refractivity contribution is 6.31. The molecule has 3 nitrogen and oxygen atoms in total. The van der Waals surface area contributed by atoms with Crippen LogP contribution in [0.3, 0.4) is 0 Å². The summed E-state index contributed by atoms with van der Waals surface area (Å²) in [4.78, 5) is 15.8. The molecule has 1 aromatic carbocycles. The summed E-state index contributed by atoms with van der Waals surface area (Å²) in [5.74, 6) is 0.534. The molecule has 2 aromatic rings. The molecule has 0 fully saturated rings. The summed E-state index contributed by atoms with van der Waals surface area (Å²) in [5, 5.41) is 0.625. The van der Waals surface area contributed by atoms with E-state index in [1.807, 2.05) is 18.2 Å². The third-order valence-corrected chi connectivity index (χ3v) is 2.96. The van der Waals surface area contributed by atoms with Crippen molar-refractivity contribution in [3.8, 4) is 0 Å². The van der Waals surface area contributed by atoms with Crippen molar-refractivity contribution in [2.75, 3.05) is 5.73 Å². The van der Waals surface area contributed by atoms with E-state index in [4.69, 9.17) is 17.3 Å². The number of benzene rings is 1. The molecule has 1 aromatic heterocycles. The van der Waals surface area contributed by atoms with E-state index in [-0.39, 0.29) is 5.78 Å². The first kappa shape index (κ1) is 12.6. The van der Waals surface area contributed by atoms with Crippen molar-refractivity contribution >= 4 is 23.2 Å². The van der Waals surface area contributed by atoms with E-state index < -0.39 is 0 Å². The molecule has 0 saturated carbocycles. The molecule has 0 unspecified atom stereocenters. The van der Waals surface area contributed by atoms with Crippen molar-refractivity contribution in [3.05, 3.63) is 58.7 Å². The molecular formula is C14H13ClN2O. The minimum Gasteiger partial charge on any atom is -0.384 e. The fourth-order valence-electron chi connectivity index (χ4n) is 1.75. The van der Waals surface area contributed by atoms with Gasteiger partial charge in [-0.15, -0.1) is 0 Å². The van der Waals surface area contributed by atoms with Crippen LogP contribution in [0, 0.1) is 0 Å². The zero-order valence-electron chi connectivity index (χ0n) is 9.77. The van der Waals surface area contributed by atoms with Gasteiger partial charge in [-0.3, -0.25) is 4.79 Å². The van der Waals surface area contributed by atoms with Crippen LogP contribution in [-0.2, 0) is 17.6 Å².